The molecule has 0 amide bonds. The molecule has 118 valence electrons. The van der Waals surface area contributed by atoms with E-state index < -0.39 is 0 Å². The number of hydrogen-bond donors (Lipinski definition) is 0. The van der Waals surface area contributed by atoms with E-state index in [-0.39, 0.29) is 0 Å². The minimum atomic E-state index is 0.654. The molecule has 0 aliphatic rings. The minimum Gasteiger partial charge on any atom is -0.378 e. The van der Waals surface area contributed by atoms with Crippen molar-refractivity contribution in [3.8, 4) is 0 Å². The van der Waals surface area contributed by atoms with Gasteiger partial charge >= 0.3 is 0 Å². The number of pyridine rings is 2. The van der Waals surface area contributed by atoms with Gasteiger partial charge in [-0.25, -0.2) is 9.97 Å². The summed E-state index contributed by atoms with van der Waals surface area (Å²) in [6.07, 6.45) is 3.87. The van der Waals surface area contributed by atoms with Crippen molar-refractivity contribution in [1.82, 2.24) is 0 Å². The second kappa shape index (κ2) is 11.5. The van der Waals surface area contributed by atoms with Gasteiger partial charge in [0.25, 0.3) is 0 Å². The van der Waals surface area contributed by atoms with Crippen LogP contribution in [0.25, 0.3) is 0 Å². The average Bonchev–Trinajstić information content (AvgIpc) is 2.58. The van der Waals surface area contributed by atoms with Gasteiger partial charge in [0.05, 0.1) is 26.4 Å². The zero-order chi connectivity index (χ0) is 15.3. The molecule has 22 heavy (non-hydrogen) atoms. The molecule has 2 heterocycles. The van der Waals surface area contributed by atoms with Crippen molar-refractivity contribution in [3.05, 3.63) is 48.8 Å². The molecule has 4 nitrogen and oxygen atoms in total. The van der Waals surface area contributed by atoms with Crippen LogP contribution in [0.5, 0.6) is 0 Å². The number of rotatable bonds is 11. The Morgan fingerprint density at radius 2 is 1.18 bits per heavy atom. The average molecular weight is 338 g/mol. The standard InChI is InChI=1S/C16H20N2O2S2/c1-3-7-17-15(5-1)21-13-11-19-9-10-20-12-14-22-16-6-2-4-8-18-16/h1-8H,9-14H2/p+2. The third-order valence-electron chi connectivity index (χ3n) is 2.70. The maximum absolute atomic E-state index is 5.55. The van der Waals surface area contributed by atoms with Crippen LogP contribution in [-0.4, -0.2) is 37.9 Å². The van der Waals surface area contributed by atoms with Crippen LogP contribution in [0.1, 0.15) is 0 Å². The molecule has 0 atom stereocenters. The number of thioether (sulfide) groups is 2. The fraction of sp³-hybridized carbons (Fsp3) is 0.375. The number of ether oxygens (including phenoxy) is 2. The van der Waals surface area contributed by atoms with Crippen LogP contribution < -0.4 is 9.97 Å². The molecule has 0 bridgehead atoms. The van der Waals surface area contributed by atoms with Gasteiger partial charge in [0.1, 0.15) is 0 Å². The Balaban J connectivity index is 1.37. The van der Waals surface area contributed by atoms with Crippen molar-refractivity contribution in [3.63, 3.8) is 0 Å². The molecule has 0 radical (unpaired) electrons. The van der Waals surface area contributed by atoms with Crippen molar-refractivity contribution in [2.24, 2.45) is 0 Å². The van der Waals surface area contributed by atoms with Gasteiger partial charge in [-0.3, -0.25) is 0 Å². The van der Waals surface area contributed by atoms with Gasteiger partial charge in [0, 0.05) is 35.8 Å². The van der Waals surface area contributed by atoms with Crippen LogP contribution in [0, 0.1) is 0 Å². The van der Waals surface area contributed by atoms with Crippen molar-refractivity contribution in [2.75, 3.05) is 37.9 Å². The predicted molar refractivity (Wildman–Crippen MR) is 89.1 cm³/mol. The molecular weight excluding hydrogens is 316 g/mol. The molecule has 0 spiro atoms. The smallest absolute Gasteiger partial charge is 0.238 e. The Hall–Kier alpha value is -1.08. The molecule has 0 saturated heterocycles. The van der Waals surface area contributed by atoms with Crippen LogP contribution in [0.3, 0.4) is 0 Å². The molecule has 0 aliphatic heterocycles. The van der Waals surface area contributed by atoms with Crippen LogP contribution in [0.15, 0.2) is 58.8 Å². The van der Waals surface area contributed by atoms with Gasteiger partial charge in [0.15, 0.2) is 12.4 Å². The second-order valence-electron chi connectivity index (χ2n) is 4.38. The van der Waals surface area contributed by atoms with E-state index in [1.165, 1.54) is 0 Å². The lowest BCUT2D eigenvalue weighted by Gasteiger charge is -2.04. The maximum atomic E-state index is 5.55. The topological polar surface area (TPSA) is 46.7 Å². The minimum absolute atomic E-state index is 0.654. The van der Waals surface area contributed by atoms with E-state index in [0.717, 1.165) is 34.8 Å². The van der Waals surface area contributed by atoms with Gasteiger partial charge in [-0.05, 0) is 12.1 Å². The number of hydrogen-bond acceptors (Lipinski definition) is 4. The second-order valence-corrected chi connectivity index (χ2v) is 6.65. The molecule has 0 aliphatic carbocycles. The van der Waals surface area contributed by atoms with Gasteiger partial charge in [-0.1, -0.05) is 23.5 Å². The van der Waals surface area contributed by atoms with Crippen LogP contribution >= 0.6 is 23.5 Å². The summed E-state index contributed by atoms with van der Waals surface area (Å²) in [4.78, 5) is 6.37. The summed E-state index contributed by atoms with van der Waals surface area (Å²) in [5.74, 6) is 1.89. The molecule has 0 unspecified atom stereocenters. The van der Waals surface area contributed by atoms with Crippen LogP contribution in [0.4, 0.5) is 0 Å². The van der Waals surface area contributed by atoms with E-state index in [1.807, 2.05) is 36.7 Å². The number of aromatic amines is 2. The van der Waals surface area contributed by atoms with E-state index in [9.17, 15) is 0 Å². The van der Waals surface area contributed by atoms with Gasteiger partial charge in [-0.2, -0.15) is 0 Å². The molecule has 0 saturated carbocycles. The zero-order valence-corrected chi connectivity index (χ0v) is 14.1. The molecule has 2 rings (SSSR count). The molecular formula is C16H22N2O2S2+2. The van der Waals surface area contributed by atoms with E-state index >= 15 is 0 Å². The SMILES string of the molecule is c1ccc(SCCOCCOCCSc2cccc[nH+]2)[nH+]c1. The molecule has 0 fully saturated rings. The summed E-state index contributed by atoms with van der Waals surface area (Å²) in [5.41, 5.74) is 0. The first kappa shape index (κ1) is 17.3. The first-order valence-electron chi connectivity index (χ1n) is 7.29. The lowest BCUT2D eigenvalue weighted by molar-refractivity contribution is -0.426. The highest BCUT2D eigenvalue weighted by Gasteiger charge is 2.00. The molecule has 2 aromatic rings. The Kier molecular flexibility index (Phi) is 9.02. The quantitative estimate of drug-likeness (QED) is 0.466. The van der Waals surface area contributed by atoms with Gasteiger partial charge in [0.2, 0.25) is 10.1 Å². The molecule has 0 aromatic carbocycles. The number of nitrogens with one attached hydrogen (secondary N) is 2. The van der Waals surface area contributed by atoms with Crippen LogP contribution in [-0.2, 0) is 9.47 Å². The predicted octanol–water partition coefficient (Wildman–Crippen LogP) is 2.23. The molecule has 6 heteroatoms. The Morgan fingerprint density at radius 3 is 1.59 bits per heavy atom. The van der Waals surface area contributed by atoms with Crippen molar-refractivity contribution >= 4 is 23.5 Å². The summed E-state index contributed by atoms with van der Waals surface area (Å²) < 4.78 is 11.1. The largest absolute Gasteiger partial charge is 0.378 e. The summed E-state index contributed by atoms with van der Waals surface area (Å²) >= 11 is 3.52. The van der Waals surface area contributed by atoms with E-state index in [0.29, 0.717) is 13.2 Å². The number of H-pyrrole nitrogens is 2. The lowest BCUT2D eigenvalue weighted by atomic mass is 10.5. The summed E-state index contributed by atoms with van der Waals surface area (Å²) in [7, 11) is 0. The summed E-state index contributed by atoms with van der Waals surface area (Å²) in [6, 6.07) is 12.1. The Morgan fingerprint density at radius 1 is 0.682 bits per heavy atom. The normalized spacial score (nSPS) is 10.7. The van der Waals surface area contributed by atoms with Crippen LogP contribution in [0.2, 0.25) is 0 Å². The highest BCUT2D eigenvalue weighted by molar-refractivity contribution is 7.99. The highest BCUT2D eigenvalue weighted by Crippen LogP contribution is 2.11. The monoisotopic (exact) mass is 338 g/mol. The van der Waals surface area contributed by atoms with Crippen molar-refractivity contribution < 1.29 is 19.4 Å². The fourth-order valence-electron chi connectivity index (χ4n) is 1.68. The fourth-order valence-corrected chi connectivity index (χ4v) is 3.17. The first-order chi connectivity index (χ1) is 10.9. The maximum Gasteiger partial charge on any atom is 0.238 e. The first-order valence-corrected chi connectivity index (χ1v) is 9.27. The van der Waals surface area contributed by atoms with E-state index in [2.05, 4.69) is 22.1 Å². The Labute approximate surface area is 140 Å². The zero-order valence-electron chi connectivity index (χ0n) is 12.5. The summed E-state index contributed by atoms with van der Waals surface area (Å²) in [5, 5.41) is 2.33. The van der Waals surface area contributed by atoms with Gasteiger partial charge in [-0.15, -0.1) is 0 Å². The number of aromatic nitrogens is 2. The Bertz CT molecular complexity index is 453. The molecule has 2 N–H and O–H groups in total. The van der Waals surface area contributed by atoms with E-state index in [4.69, 9.17) is 9.47 Å². The van der Waals surface area contributed by atoms with Gasteiger partial charge < -0.3 is 9.47 Å². The van der Waals surface area contributed by atoms with Crippen molar-refractivity contribution in [2.45, 2.75) is 10.1 Å². The highest BCUT2D eigenvalue weighted by atomic mass is 32.2. The third-order valence-corrected chi connectivity index (χ3v) is 4.57. The van der Waals surface area contributed by atoms with Crippen molar-refractivity contribution in [1.29, 1.82) is 0 Å². The molecule has 2 aromatic heterocycles. The summed E-state index contributed by atoms with van der Waals surface area (Å²) in [6.45, 7) is 2.79. The third kappa shape index (κ3) is 7.79. The van der Waals surface area contributed by atoms with E-state index in [1.54, 1.807) is 23.5 Å². The lowest BCUT2D eigenvalue weighted by Crippen LogP contribution is -2.10.